The van der Waals surface area contributed by atoms with Crippen LogP contribution in [0.2, 0.25) is 5.02 Å². The first kappa shape index (κ1) is 20.9. The van der Waals surface area contributed by atoms with E-state index in [-0.39, 0.29) is 6.54 Å². The quantitative estimate of drug-likeness (QED) is 0.605. The zero-order chi connectivity index (χ0) is 22.8. The molecule has 0 radical (unpaired) electrons. The molecule has 1 spiro atoms. The largest absolute Gasteiger partial charge is 0.496 e. The molecule has 0 aromatic heterocycles. The van der Waals surface area contributed by atoms with Gasteiger partial charge in [0.2, 0.25) is 17.7 Å². The number of aliphatic hydroxyl groups is 1. The van der Waals surface area contributed by atoms with Gasteiger partial charge in [-0.15, -0.1) is 0 Å². The highest BCUT2D eigenvalue weighted by atomic mass is 35.5. The molecule has 0 saturated carbocycles. The second-order valence-electron chi connectivity index (χ2n) is 8.44. The van der Waals surface area contributed by atoms with Gasteiger partial charge in [0.05, 0.1) is 31.6 Å². The number of anilines is 1. The minimum absolute atomic E-state index is 0.0152. The molecule has 5 rings (SSSR count). The van der Waals surface area contributed by atoms with E-state index in [0.29, 0.717) is 27.6 Å². The molecule has 3 N–H and O–H groups in total. The first-order valence-corrected chi connectivity index (χ1v) is 10.7. The van der Waals surface area contributed by atoms with Gasteiger partial charge >= 0.3 is 0 Å². The smallest absolute Gasteiger partial charge is 0.250 e. The van der Waals surface area contributed by atoms with Gasteiger partial charge in [0.25, 0.3) is 0 Å². The van der Waals surface area contributed by atoms with Gasteiger partial charge in [-0.3, -0.25) is 24.6 Å². The maximum atomic E-state index is 13.7. The molecule has 2 saturated heterocycles. The Morgan fingerprint density at radius 3 is 2.66 bits per heavy atom. The summed E-state index contributed by atoms with van der Waals surface area (Å²) in [6.07, 6.45) is -0.971. The molecule has 3 amide bonds. The Labute approximate surface area is 189 Å². The lowest BCUT2D eigenvalue weighted by atomic mass is 9.76. The number of nitrogens with one attached hydrogen (secondary N) is 2. The van der Waals surface area contributed by atoms with Gasteiger partial charge in [-0.05, 0) is 31.2 Å². The molecule has 2 fully saturated rings. The highest BCUT2D eigenvalue weighted by Crippen LogP contribution is 2.54. The van der Waals surface area contributed by atoms with Crippen LogP contribution in [-0.2, 0) is 26.5 Å². The Hall–Kier alpha value is -2.94. The maximum Gasteiger partial charge on any atom is 0.250 e. The Balaban J connectivity index is 1.62. The number of ether oxygens (including phenoxy) is 1. The van der Waals surface area contributed by atoms with Gasteiger partial charge in [0.1, 0.15) is 11.3 Å². The number of methoxy groups -OCH3 is 1. The minimum Gasteiger partial charge on any atom is -0.496 e. The number of aliphatic hydroxyl groups excluding tert-OH is 1. The summed E-state index contributed by atoms with van der Waals surface area (Å²) in [5.41, 5.74) is 0.217. The third-order valence-corrected chi connectivity index (χ3v) is 6.98. The van der Waals surface area contributed by atoms with E-state index in [0.717, 1.165) is 0 Å². The summed E-state index contributed by atoms with van der Waals surface area (Å²) in [6, 6.07) is 11.3. The maximum absolute atomic E-state index is 13.7. The molecule has 0 aliphatic carbocycles. The van der Waals surface area contributed by atoms with Crippen molar-refractivity contribution in [3.63, 3.8) is 0 Å². The summed E-state index contributed by atoms with van der Waals surface area (Å²) in [7, 11) is 1.52. The molecule has 8 nitrogen and oxygen atoms in total. The van der Waals surface area contributed by atoms with Crippen molar-refractivity contribution in [1.82, 2.24) is 10.2 Å². The Bertz CT molecular complexity index is 1150. The first-order chi connectivity index (χ1) is 15.3. The van der Waals surface area contributed by atoms with E-state index in [1.54, 1.807) is 49.4 Å². The van der Waals surface area contributed by atoms with Crippen molar-refractivity contribution in [2.24, 2.45) is 11.8 Å². The fraction of sp³-hybridized carbons (Fsp3) is 0.348. The van der Waals surface area contributed by atoms with Crippen molar-refractivity contribution in [2.45, 2.75) is 31.2 Å². The van der Waals surface area contributed by atoms with E-state index in [2.05, 4.69) is 10.6 Å². The van der Waals surface area contributed by atoms with Gasteiger partial charge < -0.3 is 15.2 Å². The second kappa shape index (κ2) is 7.30. The summed E-state index contributed by atoms with van der Waals surface area (Å²) >= 11 is 6.22. The monoisotopic (exact) mass is 455 g/mol. The van der Waals surface area contributed by atoms with Gasteiger partial charge in [-0.2, -0.15) is 0 Å². The van der Waals surface area contributed by atoms with Crippen molar-refractivity contribution >= 4 is 35.0 Å². The predicted molar refractivity (Wildman–Crippen MR) is 116 cm³/mol. The number of hydrogen-bond donors (Lipinski definition) is 3. The molecule has 5 atom stereocenters. The summed E-state index contributed by atoms with van der Waals surface area (Å²) < 4.78 is 5.37. The standard InChI is InChI=1S/C23H22ClN3O5/c1-11(28)19-17-18(23(26-19)14-9-13(24)7-8-15(14)25-22(23)31)21(30)27(20(17)29)10-12-5-3-4-6-16(12)32-2/h3-9,11,17-19,26,28H,10H2,1-2H3,(H,25,31)/t11-,17+,18-,19-,23-/m0/s1. The molecule has 3 aliphatic rings. The van der Waals surface area contributed by atoms with Crippen LogP contribution < -0.4 is 15.4 Å². The van der Waals surface area contributed by atoms with E-state index in [4.69, 9.17) is 16.3 Å². The van der Waals surface area contributed by atoms with E-state index in [1.165, 1.54) is 12.0 Å². The molecule has 3 aliphatic heterocycles. The van der Waals surface area contributed by atoms with Gasteiger partial charge in [-0.1, -0.05) is 29.8 Å². The Morgan fingerprint density at radius 2 is 1.94 bits per heavy atom. The number of amides is 3. The molecule has 9 heteroatoms. The SMILES string of the molecule is COc1ccccc1CN1C(=O)[C@H]2[C@H]([C@H](C)O)N[C@]3(C(=O)Nc4ccc(Cl)cc43)[C@@H]2C1=O. The van der Waals surface area contributed by atoms with Crippen LogP contribution in [0.5, 0.6) is 5.75 Å². The van der Waals surface area contributed by atoms with Crippen LogP contribution in [0.15, 0.2) is 42.5 Å². The molecular formula is C23H22ClN3O5. The van der Waals surface area contributed by atoms with Crippen LogP contribution in [0.3, 0.4) is 0 Å². The van der Waals surface area contributed by atoms with Crippen molar-refractivity contribution < 1.29 is 24.2 Å². The van der Waals surface area contributed by atoms with Crippen molar-refractivity contribution in [1.29, 1.82) is 0 Å². The lowest BCUT2D eigenvalue weighted by Crippen LogP contribution is -2.54. The lowest BCUT2D eigenvalue weighted by Gasteiger charge is -2.30. The van der Waals surface area contributed by atoms with E-state index < -0.39 is 47.2 Å². The third-order valence-electron chi connectivity index (χ3n) is 6.74. The van der Waals surface area contributed by atoms with Crippen LogP contribution in [-0.4, -0.2) is 47.0 Å². The molecule has 32 heavy (non-hydrogen) atoms. The molecule has 3 heterocycles. The Kier molecular flexibility index (Phi) is 4.77. The number of rotatable bonds is 4. The number of hydrogen-bond acceptors (Lipinski definition) is 6. The van der Waals surface area contributed by atoms with Crippen LogP contribution in [0.1, 0.15) is 18.1 Å². The van der Waals surface area contributed by atoms with Crippen LogP contribution in [0.25, 0.3) is 0 Å². The number of carbonyl (C=O) groups excluding carboxylic acids is 3. The number of fused-ring (bicyclic) bond motifs is 4. The average Bonchev–Trinajstić information content (AvgIpc) is 3.35. The number of likely N-dealkylation sites (tertiary alicyclic amines) is 1. The molecule has 0 unspecified atom stereocenters. The number of imide groups is 1. The third kappa shape index (κ3) is 2.73. The van der Waals surface area contributed by atoms with Crippen LogP contribution in [0, 0.1) is 11.8 Å². The van der Waals surface area contributed by atoms with Gasteiger partial charge in [0.15, 0.2) is 0 Å². The lowest BCUT2D eigenvalue weighted by molar-refractivity contribution is -0.143. The summed E-state index contributed by atoms with van der Waals surface area (Å²) in [6.45, 7) is 1.56. The topological polar surface area (TPSA) is 108 Å². The molecule has 2 aromatic rings. The fourth-order valence-electron chi connectivity index (χ4n) is 5.34. The molecule has 2 aromatic carbocycles. The van der Waals surface area contributed by atoms with Gasteiger partial charge in [0, 0.05) is 27.9 Å². The van der Waals surface area contributed by atoms with Crippen molar-refractivity contribution in [2.75, 3.05) is 12.4 Å². The molecular weight excluding hydrogens is 434 g/mol. The number of carbonyl (C=O) groups is 3. The average molecular weight is 456 g/mol. The van der Waals surface area contributed by atoms with Crippen molar-refractivity contribution in [3.05, 3.63) is 58.6 Å². The van der Waals surface area contributed by atoms with E-state index in [1.807, 2.05) is 0 Å². The summed E-state index contributed by atoms with van der Waals surface area (Å²) in [5.74, 6) is -2.68. The summed E-state index contributed by atoms with van der Waals surface area (Å²) in [4.78, 5) is 41.7. The van der Waals surface area contributed by atoms with Crippen LogP contribution >= 0.6 is 11.6 Å². The minimum atomic E-state index is -1.49. The molecule has 166 valence electrons. The zero-order valence-corrected chi connectivity index (χ0v) is 18.2. The zero-order valence-electron chi connectivity index (χ0n) is 17.5. The Morgan fingerprint density at radius 1 is 1.19 bits per heavy atom. The number of nitrogens with zero attached hydrogens (tertiary/aromatic N) is 1. The summed E-state index contributed by atoms with van der Waals surface area (Å²) in [5, 5.41) is 16.8. The van der Waals surface area contributed by atoms with Gasteiger partial charge in [-0.25, -0.2) is 0 Å². The molecule has 0 bridgehead atoms. The van der Waals surface area contributed by atoms with Crippen LogP contribution in [0.4, 0.5) is 5.69 Å². The predicted octanol–water partition coefficient (Wildman–Crippen LogP) is 1.65. The number of para-hydroxylation sites is 1. The fourth-order valence-corrected chi connectivity index (χ4v) is 5.51. The first-order valence-electron chi connectivity index (χ1n) is 10.3. The second-order valence-corrected chi connectivity index (χ2v) is 8.88. The highest BCUT2D eigenvalue weighted by molar-refractivity contribution is 6.31. The number of halogens is 1. The van der Waals surface area contributed by atoms with E-state index >= 15 is 0 Å². The normalized spacial score (nSPS) is 29.3. The highest BCUT2D eigenvalue weighted by Gasteiger charge is 2.71. The van der Waals surface area contributed by atoms with Crippen molar-refractivity contribution in [3.8, 4) is 5.75 Å². The van der Waals surface area contributed by atoms with E-state index in [9.17, 15) is 19.5 Å². The number of benzene rings is 2.